The van der Waals surface area contributed by atoms with Gasteiger partial charge in [-0.1, -0.05) is 6.07 Å². The van der Waals surface area contributed by atoms with Gasteiger partial charge in [-0.3, -0.25) is 9.78 Å². The van der Waals surface area contributed by atoms with Gasteiger partial charge in [0.25, 0.3) is 5.91 Å². The van der Waals surface area contributed by atoms with E-state index in [0.29, 0.717) is 17.7 Å². The van der Waals surface area contributed by atoms with Crippen LogP contribution >= 0.6 is 0 Å². The molecule has 2 heterocycles. The van der Waals surface area contributed by atoms with Gasteiger partial charge in [-0.2, -0.15) is 0 Å². The van der Waals surface area contributed by atoms with E-state index in [1.807, 2.05) is 19.1 Å². The van der Waals surface area contributed by atoms with Gasteiger partial charge in [-0.25, -0.2) is 0 Å². The molecule has 1 saturated heterocycles. The van der Waals surface area contributed by atoms with Crippen LogP contribution < -0.4 is 5.32 Å². The van der Waals surface area contributed by atoms with E-state index in [1.54, 1.807) is 6.20 Å². The third kappa shape index (κ3) is 3.01. The Balaban J connectivity index is 1.73. The molecule has 1 aromatic heterocycles. The van der Waals surface area contributed by atoms with Crippen molar-refractivity contribution < 1.29 is 4.79 Å². The maximum atomic E-state index is 12.8. The molecule has 0 unspecified atom stereocenters. The van der Waals surface area contributed by atoms with Crippen molar-refractivity contribution in [2.45, 2.75) is 38.6 Å². The van der Waals surface area contributed by atoms with Crippen LogP contribution in [0, 0.1) is 12.8 Å². The molecule has 1 aliphatic carbocycles. The summed E-state index contributed by atoms with van der Waals surface area (Å²) >= 11 is 0. The van der Waals surface area contributed by atoms with Crippen molar-refractivity contribution in [2.75, 3.05) is 19.6 Å². The van der Waals surface area contributed by atoms with Crippen molar-refractivity contribution in [2.24, 2.45) is 5.92 Å². The summed E-state index contributed by atoms with van der Waals surface area (Å²) in [5, 5.41) is 3.39. The minimum absolute atomic E-state index is 0.129. The van der Waals surface area contributed by atoms with Crippen LogP contribution in [0.4, 0.5) is 0 Å². The van der Waals surface area contributed by atoms with E-state index in [-0.39, 0.29) is 5.91 Å². The molecule has 1 saturated carbocycles. The predicted octanol–water partition coefficient (Wildman–Crippen LogP) is 1.99. The molecule has 1 amide bonds. The maximum Gasteiger partial charge on any atom is 0.272 e. The predicted molar refractivity (Wildman–Crippen MR) is 78.6 cm³/mol. The molecule has 4 nitrogen and oxygen atoms in total. The van der Waals surface area contributed by atoms with E-state index in [2.05, 4.69) is 15.2 Å². The standard InChI is InChI=1S/C16H23N3O/c1-12-3-2-8-18-15(12)16(20)19(14-4-5-14)11-13-6-9-17-10-7-13/h2-3,8,13-14,17H,4-7,9-11H2,1H3. The lowest BCUT2D eigenvalue weighted by Crippen LogP contribution is -2.41. The highest BCUT2D eigenvalue weighted by Gasteiger charge is 2.35. The van der Waals surface area contributed by atoms with Crippen LogP contribution in [0.5, 0.6) is 0 Å². The number of hydrogen-bond donors (Lipinski definition) is 1. The quantitative estimate of drug-likeness (QED) is 0.912. The van der Waals surface area contributed by atoms with E-state index in [4.69, 9.17) is 0 Å². The summed E-state index contributed by atoms with van der Waals surface area (Å²) in [5.41, 5.74) is 1.61. The number of aromatic nitrogens is 1. The smallest absolute Gasteiger partial charge is 0.272 e. The normalized spacial score (nSPS) is 19.9. The molecular formula is C16H23N3O. The molecule has 20 heavy (non-hydrogen) atoms. The van der Waals surface area contributed by atoms with Crippen LogP contribution in [-0.2, 0) is 0 Å². The summed E-state index contributed by atoms with van der Waals surface area (Å²) in [7, 11) is 0. The van der Waals surface area contributed by atoms with E-state index in [0.717, 1.165) is 38.0 Å². The number of nitrogens with zero attached hydrogens (tertiary/aromatic N) is 2. The Hall–Kier alpha value is -1.42. The third-order valence-corrected chi connectivity index (χ3v) is 4.37. The fourth-order valence-corrected chi connectivity index (χ4v) is 2.97. The van der Waals surface area contributed by atoms with Crippen LogP contribution in [0.1, 0.15) is 41.7 Å². The molecule has 4 heteroatoms. The number of piperidine rings is 1. The minimum atomic E-state index is 0.129. The van der Waals surface area contributed by atoms with Gasteiger partial charge in [-0.05, 0) is 63.2 Å². The highest BCUT2D eigenvalue weighted by molar-refractivity contribution is 5.94. The Bertz CT molecular complexity index is 478. The number of nitrogens with one attached hydrogen (secondary N) is 1. The number of carbonyl (C=O) groups excluding carboxylic acids is 1. The molecule has 1 aromatic rings. The van der Waals surface area contributed by atoms with Crippen molar-refractivity contribution in [3.8, 4) is 0 Å². The number of pyridine rings is 1. The molecule has 1 aliphatic heterocycles. The average molecular weight is 273 g/mol. The fraction of sp³-hybridized carbons (Fsp3) is 0.625. The largest absolute Gasteiger partial charge is 0.334 e. The van der Waals surface area contributed by atoms with E-state index >= 15 is 0 Å². The molecule has 2 aliphatic rings. The van der Waals surface area contributed by atoms with Gasteiger partial charge in [0.1, 0.15) is 5.69 Å². The van der Waals surface area contributed by atoms with Gasteiger partial charge in [0.15, 0.2) is 0 Å². The molecule has 3 rings (SSSR count). The molecule has 0 spiro atoms. The Kier molecular flexibility index (Phi) is 4.01. The van der Waals surface area contributed by atoms with Gasteiger partial charge in [-0.15, -0.1) is 0 Å². The molecule has 0 bridgehead atoms. The number of rotatable bonds is 4. The monoisotopic (exact) mass is 273 g/mol. The van der Waals surface area contributed by atoms with Crippen LogP contribution in [0.3, 0.4) is 0 Å². The molecule has 2 fully saturated rings. The lowest BCUT2D eigenvalue weighted by Gasteiger charge is -2.30. The molecule has 1 N–H and O–H groups in total. The summed E-state index contributed by atoms with van der Waals surface area (Å²) in [6.45, 7) is 5.04. The van der Waals surface area contributed by atoms with Crippen molar-refractivity contribution in [1.29, 1.82) is 0 Å². The number of amides is 1. The maximum absolute atomic E-state index is 12.8. The first-order valence-corrected chi connectivity index (χ1v) is 7.69. The number of hydrogen-bond acceptors (Lipinski definition) is 3. The molecule has 0 radical (unpaired) electrons. The highest BCUT2D eigenvalue weighted by Crippen LogP contribution is 2.30. The first kappa shape index (κ1) is 13.6. The molecule has 0 atom stereocenters. The Morgan fingerprint density at radius 2 is 2.10 bits per heavy atom. The lowest BCUT2D eigenvalue weighted by molar-refractivity contribution is 0.0695. The third-order valence-electron chi connectivity index (χ3n) is 4.37. The summed E-state index contributed by atoms with van der Waals surface area (Å²) in [6, 6.07) is 4.31. The summed E-state index contributed by atoms with van der Waals surface area (Å²) in [6.07, 6.45) is 6.39. The van der Waals surface area contributed by atoms with E-state index in [9.17, 15) is 4.79 Å². The SMILES string of the molecule is Cc1cccnc1C(=O)N(CC1CCNCC1)C1CC1. The van der Waals surface area contributed by atoms with Crippen molar-refractivity contribution in [3.05, 3.63) is 29.6 Å². The summed E-state index contributed by atoms with van der Waals surface area (Å²) in [4.78, 5) is 19.2. The minimum Gasteiger partial charge on any atom is -0.334 e. The van der Waals surface area contributed by atoms with E-state index < -0.39 is 0 Å². The van der Waals surface area contributed by atoms with Crippen molar-refractivity contribution in [3.63, 3.8) is 0 Å². The second-order valence-corrected chi connectivity index (χ2v) is 6.05. The van der Waals surface area contributed by atoms with Crippen LogP contribution in [0.15, 0.2) is 18.3 Å². The van der Waals surface area contributed by atoms with Gasteiger partial charge in [0.2, 0.25) is 0 Å². The van der Waals surface area contributed by atoms with Gasteiger partial charge in [0, 0.05) is 18.8 Å². The Morgan fingerprint density at radius 1 is 1.35 bits per heavy atom. The van der Waals surface area contributed by atoms with Gasteiger partial charge in [0.05, 0.1) is 0 Å². The van der Waals surface area contributed by atoms with Crippen molar-refractivity contribution in [1.82, 2.24) is 15.2 Å². The number of carbonyl (C=O) groups is 1. The Labute approximate surface area is 120 Å². The molecular weight excluding hydrogens is 250 g/mol. The second kappa shape index (κ2) is 5.92. The fourth-order valence-electron chi connectivity index (χ4n) is 2.97. The first-order chi connectivity index (χ1) is 9.75. The van der Waals surface area contributed by atoms with Crippen LogP contribution in [0.25, 0.3) is 0 Å². The zero-order chi connectivity index (χ0) is 13.9. The topological polar surface area (TPSA) is 45.2 Å². The Morgan fingerprint density at radius 3 is 2.75 bits per heavy atom. The number of aryl methyl sites for hydroxylation is 1. The summed E-state index contributed by atoms with van der Waals surface area (Å²) < 4.78 is 0. The van der Waals surface area contributed by atoms with Crippen LogP contribution in [0.2, 0.25) is 0 Å². The molecule has 0 aromatic carbocycles. The van der Waals surface area contributed by atoms with Gasteiger partial charge < -0.3 is 10.2 Å². The van der Waals surface area contributed by atoms with E-state index in [1.165, 1.54) is 12.8 Å². The zero-order valence-corrected chi connectivity index (χ0v) is 12.1. The zero-order valence-electron chi connectivity index (χ0n) is 12.1. The van der Waals surface area contributed by atoms with Crippen molar-refractivity contribution >= 4 is 5.91 Å². The van der Waals surface area contributed by atoms with Crippen LogP contribution in [-0.4, -0.2) is 41.5 Å². The molecule has 108 valence electrons. The average Bonchev–Trinajstić information content (AvgIpc) is 3.30. The first-order valence-electron chi connectivity index (χ1n) is 7.69. The second-order valence-electron chi connectivity index (χ2n) is 6.05. The lowest BCUT2D eigenvalue weighted by atomic mass is 9.97. The van der Waals surface area contributed by atoms with Gasteiger partial charge >= 0.3 is 0 Å². The highest BCUT2D eigenvalue weighted by atomic mass is 16.2. The summed E-state index contributed by atoms with van der Waals surface area (Å²) in [5.74, 6) is 0.772.